The number of nitrogens with one attached hydrogen (secondary N) is 2. The van der Waals surface area contributed by atoms with Crippen LogP contribution in [-0.4, -0.2) is 15.0 Å². The lowest BCUT2D eigenvalue weighted by Gasteiger charge is -2.13. The number of aryl methyl sites for hydroxylation is 1. The Morgan fingerprint density at radius 2 is 1.76 bits per heavy atom. The number of halogens is 2. The number of hydrogen-bond acceptors (Lipinski definition) is 4. The summed E-state index contributed by atoms with van der Waals surface area (Å²) in [6.07, 6.45) is 6.76. The van der Waals surface area contributed by atoms with Crippen molar-refractivity contribution < 1.29 is 8.78 Å². The molecule has 0 aliphatic rings. The highest BCUT2D eigenvalue weighted by atomic mass is 19.1. The van der Waals surface area contributed by atoms with Crippen LogP contribution < -0.4 is 11.1 Å². The van der Waals surface area contributed by atoms with Crippen LogP contribution in [0.2, 0.25) is 0 Å². The second kappa shape index (κ2) is 12.6. The number of rotatable bonds is 10. The zero-order valence-corrected chi connectivity index (χ0v) is 23.3. The molecule has 0 aliphatic carbocycles. The maximum Gasteiger partial charge on any atom is 0.141 e. The fraction of sp³-hybridized carbons (Fsp3) is 0.0857. The number of aromatic nitrogens is 3. The normalized spacial score (nSPS) is 11.5. The summed E-state index contributed by atoms with van der Waals surface area (Å²) in [4.78, 5) is 12.3. The van der Waals surface area contributed by atoms with Gasteiger partial charge in [0.25, 0.3) is 0 Å². The van der Waals surface area contributed by atoms with Gasteiger partial charge in [-0.1, -0.05) is 67.8 Å². The third-order valence-corrected chi connectivity index (χ3v) is 6.93. The predicted octanol–water partition coefficient (Wildman–Crippen LogP) is 7.61. The minimum atomic E-state index is -0.515. The number of H-pyrrole nitrogens is 1. The van der Waals surface area contributed by atoms with E-state index in [1.165, 1.54) is 17.7 Å². The van der Waals surface area contributed by atoms with Gasteiger partial charge >= 0.3 is 0 Å². The minimum absolute atomic E-state index is 0.153. The van der Waals surface area contributed by atoms with Crippen molar-refractivity contribution in [1.29, 1.82) is 0 Å². The molecule has 7 heteroatoms. The first-order chi connectivity index (χ1) is 20.4. The van der Waals surface area contributed by atoms with Crippen molar-refractivity contribution in [3.8, 4) is 11.1 Å². The summed E-state index contributed by atoms with van der Waals surface area (Å²) in [6, 6.07) is 21.5. The Balaban J connectivity index is 1.43. The first-order valence-electron chi connectivity index (χ1n) is 13.5. The molecule has 0 fully saturated rings. The molecule has 0 saturated carbocycles. The van der Waals surface area contributed by atoms with Crippen molar-refractivity contribution in [3.63, 3.8) is 0 Å². The molecule has 4 N–H and O–H groups in total. The van der Waals surface area contributed by atoms with Gasteiger partial charge < -0.3 is 16.0 Å². The number of nitrogens with two attached hydrogens (primary N) is 1. The third kappa shape index (κ3) is 6.11. The molecule has 42 heavy (non-hydrogen) atoms. The lowest BCUT2D eigenvalue weighted by molar-refractivity contribution is 0.627. The van der Waals surface area contributed by atoms with Crippen molar-refractivity contribution in [1.82, 2.24) is 20.3 Å². The molecule has 0 aliphatic heterocycles. The van der Waals surface area contributed by atoms with Crippen LogP contribution in [0.5, 0.6) is 0 Å². The summed E-state index contributed by atoms with van der Waals surface area (Å²) in [6.45, 7) is 11.1. The second-order valence-corrected chi connectivity index (χ2v) is 9.93. The zero-order valence-electron chi connectivity index (χ0n) is 23.3. The first-order valence-corrected chi connectivity index (χ1v) is 13.5. The number of hydrogen-bond donors (Lipinski definition) is 3. The zero-order chi connectivity index (χ0) is 29.6. The molecule has 3 aromatic carbocycles. The molecule has 5 rings (SSSR count). The van der Waals surface area contributed by atoms with Crippen molar-refractivity contribution in [3.05, 3.63) is 162 Å². The van der Waals surface area contributed by atoms with Gasteiger partial charge in [0.05, 0.1) is 5.69 Å². The van der Waals surface area contributed by atoms with E-state index in [9.17, 15) is 4.39 Å². The number of benzene rings is 3. The van der Waals surface area contributed by atoms with Gasteiger partial charge in [0, 0.05) is 64.7 Å². The molecule has 0 saturated heterocycles. The molecule has 5 aromatic rings. The average Bonchev–Trinajstić information content (AvgIpc) is 3.37. The summed E-state index contributed by atoms with van der Waals surface area (Å²) < 4.78 is 30.2. The topological polar surface area (TPSA) is 79.6 Å². The van der Waals surface area contributed by atoms with Crippen molar-refractivity contribution in [2.75, 3.05) is 5.73 Å². The largest absolute Gasteiger partial charge is 0.398 e. The molecule has 0 atom stereocenters. The van der Waals surface area contributed by atoms with E-state index in [-0.39, 0.29) is 17.1 Å². The van der Waals surface area contributed by atoms with E-state index in [4.69, 9.17) is 10.7 Å². The molecule has 5 nitrogen and oxygen atoms in total. The SMILES string of the molecule is C=C/C=C(/c1cccc(F)c1)c1nc(C(=C)c2c(N)ccc(-c3cncc(CNCc4ccccc4)c3)c2F)[nH]c1C. The summed E-state index contributed by atoms with van der Waals surface area (Å²) in [5.41, 5.74) is 12.6. The molecule has 0 bridgehead atoms. The Kier molecular flexibility index (Phi) is 8.50. The number of allylic oxidation sites excluding steroid dienone is 2. The van der Waals surface area contributed by atoms with Crippen LogP contribution in [0, 0.1) is 18.6 Å². The van der Waals surface area contributed by atoms with Gasteiger partial charge in [0.2, 0.25) is 0 Å². The van der Waals surface area contributed by atoms with Crippen LogP contribution in [0.3, 0.4) is 0 Å². The smallest absolute Gasteiger partial charge is 0.141 e. The molecule has 0 amide bonds. The third-order valence-electron chi connectivity index (χ3n) is 6.93. The van der Waals surface area contributed by atoms with Crippen molar-refractivity contribution in [2.45, 2.75) is 20.0 Å². The average molecular weight is 560 g/mol. The van der Waals surface area contributed by atoms with Gasteiger partial charge in [-0.25, -0.2) is 13.8 Å². The Labute approximate surface area is 244 Å². The quantitative estimate of drug-likeness (QED) is 0.122. The van der Waals surface area contributed by atoms with E-state index in [0.29, 0.717) is 58.1 Å². The molecule has 210 valence electrons. The molecular formula is C35H31F2N5. The van der Waals surface area contributed by atoms with Gasteiger partial charge in [0.15, 0.2) is 0 Å². The number of anilines is 1. The van der Waals surface area contributed by atoms with Gasteiger partial charge in [-0.3, -0.25) is 4.98 Å². The maximum atomic E-state index is 16.2. The number of aromatic amines is 1. The van der Waals surface area contributed by atoms with Crippen LogP contribution in [0.4, 0.5) is 14.5 Å². The predicted molar refractivity (Wildman–Crippen MR) is 166 cm³/mol. The second-order valence-electron chi connectivity index (χ2n) is 9.93. The highest BCUT2D eigenvalue weighted by Crippen LogP contribution is 2.35. The van der Waals surface area contributed by atoms with E-state index in [2.05, 4.69) is 40.6 Å². The van der Waals surface area contributed by atoms with Crippen molar-refractivity contribution in [2.24, 2.45) is 0 Å². The van der Waals surface area contributed by atoms with Crippen LogP contribution in [0.1, 0.15) is 39.5 Å². The summed E-state index contributed by atoms with van der Waals surface area (Å²) in [7, 11) is 0. The molecular weight excluding hydrogens is 528 g/mol. The highest BCUT2D eigenvalue weighted by Gasteiger charge is 2.21. The van der Waals surface area contributed by atoms with E-state index in [1.54, 1.807) is 48.8 Å². The van der Waals surface area contributed by atoms with E-state index >= 15 is 4.39 Å². The minimum Gasteiger partial charge on any atom is -0.398 e. The standard InChI is InChI=1S/C35H31F2N5/c1-4-9-30(26-12-8-13-28(36)17-26)34-23(3)41-35(42-34)22(2)32-31(38)15-14-29(33(32)37)27-16-25(20-40-21-27)19-39-18-24-10-6-5-7-11-24/h4-17,20-21,39H,1-2,18-19,38H2,3H3,(H,41,42)/b30-9-. The van der Waals surface area contributed by atoms with Crippen LogP contribution >= 0.6 is 0 Å². The fourth-order valence-corrected chi connectivity index (χ4v) is 4.87. The highest BCUT2D eigenvalue weighted by molar-refractivity contribution is 5.87. The van der Waals surface area contributed by atoms with Crippen LogP contribution in [-0.2, 0) is 13.1 Å². The summed E-state index contributed by atoms with van der Waals surface area (Å²) in [5, 5.41) is 3.40. The Hall–Kier alpha value is -5.14. The maximum absolute atomic E-state index is 16.2. The molecule has 0 unspecified atom stereocenters. The Bertz CT molecular complexity index is 1790. The van der Waals surface area contributed by atoms with E-state index in [1.807, 2.05) is 31.2 Å². The fourth-order valence-electron chi connectivity index (χ4n) is 4.87. The summed E-state index contributed by atoms with van der Waals surface area (Å²) >= 11 is 0. The number of nitrogen functional groups attached to an aromatic ring is 1. The van der Waals surface area contributed by atoms with Gasteiger partial charge in [0.1, 0.15) is 17.5 Å². The Morgan fingerprint density at radius 3 is 2.52 bits per heavy atom. The van der Waals surface area contributed by atoms with Crippen LogP contribution in [0.15, 0.2) is 111 Å². The van der Waals surface area contributed by atoms with Crippen molar-refractivity contribution >= 4 is 16.8 Å². The first kappa shape index (κ1) is 28.4. The lowest BCUT2D eigenvalue weighted by Crippen LogP contribution is -2.12. The van der Waals surface area contributed by atoms with Crippen LogP contribution in [0.25, 0.3) is 22.3 Å². The number of nitrogens with zero attached hydrogens (tertiary/aromatic N) is 2. The molecule has 2 aromatic heterocycles. The monoisotopic (exact) mass is 559 g/mol. The molecule has 0 spiro atoms. The molecule has 2 heterocycles. The van der Waals surface area contributed by atoms with E-state index in [0.717, 1.165) is 5.56 Å². The molecule has 0 radical (unpaired) electrons. The number of pyridine rings is 1. The van der Waals surface area contributed by atoms with Gasteiger partial charge in [-0.15, -0.1) is 0 Å². The Morgan fingerprint density at radius 1 is 0.976 bits per heavy atom. The van der Waals surface area contributed by atoms with Gasteiger partial charge in [-0.2, -0.15) is 0 Å². The lowest BCUT2D eigenvalue weighted by atomic mass is 9.97. The van der Waals surface area contributed by atoms with E-state index < -0.39 is 5.82 Å². The number of imidazole rings is 1. The summed E-state index contributed by atoms with van der Waals surface area (Å²) in [5.74, 6) is -0.523. The van der Waals surface area contributed by atoms with Gasteiger partial charge in [-0.05, 0) is 53.9 Å².